The summed E-state index contributed by atoms with van der Waals surface area (Å²) in [6.07, 6.45) is 0.712. The molecule has 2 heterocycles. The van der Waals surface area contributed by atoms with Gasteiger partial charge in [0.1, 0.15) is 5.82 Å². The van der Waals surface area contributed by atoms with E-state index in [1.807, 2.05) is 6.92 Å². The lowest BCUT2D eigenvalue weighted by atomic mass is 10.2. The van der Waals surface area contributed by atoms with Gasteiger partial charge in [0, 0.05) is 29.6 Å². The second-order valence-electron chi connectivity index (χ2n) is 6.64. The molecule has 29 heavy (non-hydrogen) atoms. The molecule has 9 heteroatoms. The zero-order valence-corrected chi connectivity index (χ0v) is 17.0. The minimum absolute atomic E-state index is 0.0196. The standard InChI is InChI=1S/C20H16FN3O3S2/c1-12-9-17-18(29-12)19(25)23(15-7-5-14(21)6-8-15)20(22-17)28-11-13-3-2-4-16(10-13)24(26)27/h2-8,10,12H,9,11H2,1H3. The van der Waals surface area contributed by atoms with Crippen molar-refractivity contribution in [3.8, 4) is 5.69 Å². The summed E-state index contributed by atoms with van der Waals surface area (Å²) in [7, 11) is 0. The van der Waals surface area contributed by atoms with Crippen molar-refractivity contribution in [2.45, 2.75) is 34.4 Å². The van der Waals surface area contributed by atoms with E-state index in [4.69, 9.17) is 4.98 Å². The highest BCUT2D eigenvalue weighted by atomic mass is 32.2. The lowest BCUT2D eigenvalue weighted by Gasteiger charge is -2.13. The molecule has 0 N–H and O–H groups in total. The molecule has 1 atom stereocenters. The van der Waals surface area contributed by atoms with Crippen LogP contribution in [0.3, 0.4) is 0 Å². The smallest absolute Gasteiger partial charge is 0.268 e. The van der Waals surface area contributed by atoms with Gasteiger partial charge in [0.15, 0.2) is 5.16 Å². The van der Waals surface area contributed by atoms with Gasteiger partial charge in [-0.3, -0.25) is 19.5 Å². The minimum Gasteiger partial charge on any atom is -0.268 e. The summed E-state index contributed by atoms with van der Waals surface area (Å²) in [6.45, 7) is 2.05. The zero-order valence-electron chi connectivity index (χ0n) is 15.4. The monoisotopic (exact) mass is 429 g/mol. The number of halogens is 1. The van der Waals surface area contributed by atoms with Crippen LogP contribution in [0.4, 0.5) is 10.1 Å². The quantitative estimate of drug-likeness (QED) is 0.255. The first kappa shape index (κ1) is 19.7. The lowest BCUT2D eigenvalue weighted by Crippen LogP contribution is -2.23. The third kappa shape index (κ3) is 4.06. The van der Waals surface area contributed by atoms with E-state index in [2.05, 4.69) is 0 Å². The van der Waals surface area contributed by atoms with Crippen LogP contribution >= 0.6 is 23.5 Å². The molecule has 0 aliphatic carbocycles. The number of aromatic nitrogens is 2. The Morgan fingerprint density at radius 1 is 1.31 bits per heavy atom. The number of benzene rings is 2. The van der Waals surface area contributed by atoms with Crippen molar-refractivity contribution in [2.24, 2.45) is 0 Å². The van der Waals surface area contributed by atoms with Gasteiger partial charge in [-0.2, -0.15) is 0 Å². The molecule has 0 radical (unpaired) electrons. The van der Waals surface area contributed by atoms with Crippen LogP contribution in [0, 0.1) is 15.9 Å². The summed E-state index contributed by atoms with van der Waals surface area (Å²) in [4.78, 5) is 29.1. The first-order valence-corrected chi connectivity index (χ1v) is 10.7. The fourth-order valence-electron chi connectivity index (χ4n) is 3.12. The van der Waals surface area contributed by atoms with Gasteiger partial charge >= 0.3 is 0 Å². The first-order valence-electron chi connectivity index (χ1n) is 8.87. The molecular formula is C20H16FN3O3S2. The van der Waals surface area contributed by atoms with E-state index in [9.17, 15) is 19.3 Å². The highest BCUT2D eigenvalue weighted by molar-refractivity contribution is 8.00. The Kier molecular flexibility index (Phi) is 5.42. The molecule has 0 fully saturated rings. The van der Waals surface area contributed by atoms with Gasteiger partial charge < -0.3 is 0 Å². The average molecular weight is 429 g/mol. The van der Waals surface area contributed by atoms with Gasteiger partial charge in [-0.05, 0) is 29.8 Å². The molecule has 3 aromatic rings. The van der Waals surface area contributed by atoms with E-state index in [1.165, 1.54) is 52.4 Å². The summed E-state index contributed by atoms with van der Waals surface area (Å²) in [5.41, 5.74) is 1.91. The third-order valence-electron chi connectivity index (χ3n) is 4.46. The molecule has 4 rings (SSSR count). The largest absolute Gasteiger partial charge is 0.272 e. The minimum atomic E-state index is -0.436. The molecule has 0 amide bonds. The summed E-state index contributed by atoms with van der Waals surface area (Å²) in [5.74, 6) is 0.0290. The summed E-state index contributed by atoms with van der Waals surface area (Å²) in [5, 5.41) is 11.8. The van der Waals surface area contributed by atoms with Crippen molar-refractivity contribution < 1.29 is 9.31 Å². The van der Waals surface area contributed by atoms with Crippen molar-refractivity contribution in [1.29, 1.82) is 0 Å². The number of hydrogen-bond donors (Lipinski definition) is 0. The molecule has 0 bridgehead atoms. The molecule has 1 unspecified atom stereocenters. The highest BCUT2D eigenvalue weighted by Gasteiger charge is 2.27. The Balaban J connectivity index is 1.74. The van der Waals surface area contributed by atoms with Crippen LogP contribution in [-0.4, -0.2) is 19.7 Å². The maximum Gasteiger partial charge on any atom is 0.272 e. The molecule has 148 valence electrons. The van der Waals surface area contributed by atoms with Crippen molar-refractivity contribution >= 4 is 29.2 Å². The lowest BCUT2D eigenvalue weighted by molar-refractivity contribution is -0.384. The normalized spacial score (nSPS) is 15.3. The van der Waals surface area contributed by atoms with E-state index in [-0.39, 0.29) is 22.3 Å². The van der Waals surface area contributed by atoms with Crippen LogP contribution in [0.15, 0.2) is 63.4 Å². The van der Waals surface area contributed by atoms with Crippen LogP contribution in [0.5, 0.6) is 0 Å². The number of thioether (sulfide) groups is 2. The number of fused-ring (bicyclic) bond motifs is 1. The van der Waals surface area contributed by atoms with Crippen LogP contribution in [0.2, 0.25) is 0 Å². The van der Waals surface area contributed by atoms with Gasteiger partial charge in [0.2, 0.25) is 0 Å². The SMILES string of the molecule is CC1Cc2nc(SCc3cccc([N+](=O)[O-])c3)n(-c3ccc(F)cc3)c(=O)c2S1. The predicted octanol–water partition coefficient (Wildman–Crippen LogP) is 4.61. The van der Waals surface area contributed by atoms with Gasteiger partial charge in [-0.1, -0.05) is 30.8 Å². The fraction of sp³-hybridized carbons (Fsp3) is 0.200. The number of non-ortho nitro benzene ring substituents is 1. The Morgan fingerprint density at radius 3 is 2.79 bits per heavy atom. The van der Waals surface area contributed by atoms with E-state index in [1.54, 1.807) is 24.3 Å². The van der Waals surface area contributed by atoms with Crippen molar-refractivity contribution in [2.75, 3.05) is 0 Å². The fourth-order valence-corrected chi connectivity index (χ4v) is 5.19. The maximum absolute atomic E-state index is 13.4. The van der Waals surface area contributed by atoms with Gasteiger partial charge in [0.25, 0.3) is 11.2 Å². The Morgan fingerprint density at radius 2 is 2.07 bits per heavy atom. The number of nitro benzene ring substituents is 1. The molecule has 2 aromatic carbocycles. The van der Waals surface area contributed by atoms with E-state index in [0.29, 0.717) is 27.9 Å². The van der Waals surface area contributed by atoms with Crippen molar-refractivity contribution in [1.82, 2.24) is 9.55 Å². The molecule has 1 aliphatic rings. The second kappa shape index (κ2) is 8.00. The number of rotatable bonds is 5. The molecule has 0 saturated heterocycles. The van der Waals surface area contributed by atoms with E-state index < -0.39 is 4.92 Å². The van der Waals surface area contributed by atoms with Gasteiger partial charge in [0.05, 0.1) is 21.2 Å². The molecular weight excluding hydrogens is 413 g/mol. The topological polar surface area (TPSA) is 78.0 Å². The second-order valence-corrected chi connectivity index (χ2v) is 9.03. The number of nitrogens with zero attached hydrogens (tertiary/aromatic N) is 3. The van der Waals surface area contributed by atoms with Gasteiger partial charge in [-0.25, -0.2) is 9.37 Å². The average Bonchev–Trinajstić information content (AvgIpc) is 3.08. The summed E-state index contributed by atoms with van der Waals surface area (Å²) >= 11 is 2.83. The van der Waals surface area contributed by atoms with Crippen LogP contribution < -0.4 is 5.56 Å². The van der Waals surface area contributed by atoms with Gasteiger partial charge in [-0.15, -0.1) is 11.8 Å². The van der Waals surface area contributed by atoms with Crippen molar-refractivity contribution in [3.63, 3.8) is 0 Å². The van der Waals surface area contributed by atoms with Crippen LogP contribution in [0.25, 0.3) is 5.69 Å². The molecule has 1 aromatic heterocycles. The summed E-state index contributed by atoms with van der Waals surface area (Å²) in [6, 6.07) is 12.1. The predicted molar refractivity (Wildman–Crippen MR) is 111 cm³/mol. The number of hydrogen-bond acceptors (Lipinski definition) is 6. The molecule has 1 aliphatic heterocycles. The summed E-state index contributed by atoms with van der Waals surface area (Å²) < 4.78 is 14.9. The Hall–Kier alpha value is -2.65. The molecule has 0 spiro atoms. The third-order valence-corrected chi connectivity index (χ3v) is 6.68. The molecule has 6 nitrogen and oxygen atoms in total. The zero-order chi connectivity index (χ0) is 20.5. The van der Waals surface area contributed by atoms with Crippen LogP contribution in [-0.2, 0) is 12.2 Å². The van der Waals surface area contributed by atoms with Crippen molar-refractivity contribution in [3.05, 3.63) is 86.1 Å². The van der Waals surface area contributed by atoms with E-state index in [0.717, 1.165) is 11.3 Å². The highest BCUT2D eigenvalue weighted by Crippen LogP contribution is 2.35. The molecule has 0 saturated carbocycles. The number of nitro groups is 1. The first-order chi connectivity index (χ1) is 13.9. The van der Waals surface area contributed by atoms with E-state index >= 15 is 0 Å². The van der Waals surface area contributed by atoms with Crippen LogP contribution in [0.1, 0.15) is 18.2 Å². The Labute approximate surface area is 174 Å². The maximum atomic E-state index is 13.4. The Bertz CT molecular complexity index is 1150.